The number of hydrogen-bond donors (Lipinski definition) is 1. The van der Waals surface area contributed by atoms with Gasteiger partial charge in [-0.05, 0) is 61.6 Å². The Balaban J connectivity index is 1.44. The predicted octanol–water partition coefficient (Wildman–Crippen LogP) is 7.72. The maximum absolute atomic E-state index is 12.9. The molecule has 1 aliphatic rings. The van der Waals surface area contributed by atoms with Crippen LogP contribution in [-0.4, -0.2) is 22.7 Å². The Bertz CT molecular complexity index is 1620. The first kappa shape index (κ1) is 24.6. The van der Waals surface area contributed by atoms with Crippen LogP contribution < -0.4 is 5.32 Å². The van der Waals surface area contributed by atoms with Crippen LogP contribution in [0.5, 0.6) is 0 Å². The summed E-state index contributed by atoms with van der Waals surface area (Å²) in [6, 6.07) is 32.3. The van der Waals surface area contributed by atoms with Crippen LogP contribution in [0.1, 0.15) is 31.0 Å². The van der Waals surface area contributed by atoms with Crippen molar-refractivity contribution in [2.24, 2.45) is 0 Å². The second-order valence-electron chi connectivity index (χ2n) is 9.80. The van der Waals surface area contributed by atoms with Crippen molar-refractivity contribution >= 4 is 17.5 Å². The number of anilines is 2. The minimum atomic E-state index is -0.603. The molecule has 6 nitrogen and oxygen atoms in total. The van der Waals surface area contributed by atoms with Crippen molar-refractivity contribution in [2.45, 2.75) is 32.1 Å². The summed E-state index contributed by atoms with van der Waals surface area (Å²) in [5.74, 6) is 1.11. The maximum atomic E-state index is 12.9. The maximum Gasteiger partial charge on any atom is 0.316 e. The minimum absolute atomic E-state index is 0.169. The number of benzene rings is 3. The summed E-state index contributed by atoms with van der Waals surface area (Å²) in [6.07, 6.45) is 1.54. The molecule has 0 aliphatic heterocycles. The van der Waals surface area contributed by atoms with Crippen LogP contribution in [0.2, 0.25) is 0 Å². The van der Waals surface area contributed by atoms with E-state index in [9.17, 15) is 4.79 Å². The molecule has 1 fully saturated rings. The van der Waals surface area contributed by atoms with Crippen LogP contribution in [0.3, 0.4) is 0 Å². The highest BCUT2D eigenvalue weighted by atomic mass is 16.5. The van der Waals surface area contributed by atoms with Crippen molar-refractivity contribution < 1.29 is 14.1 Å². The summed E-state index contributed by atoms with van der Waals surface area (Å²) in [5, 5.41) is 7.79. The summed E-state index contributed by atoms with van der Waals surface area (Å²) < 4.78 is 11.4. The van der Waals surface area contributed by atoms with Gasteiger partial charge in [0.25, 0.3) is 0 Å². The molecule has 0 saturated heterocycles. The molecule has 0 spiro atoms. The van der Waals surface area contributed by atoms with Crippen molar-refractivity contribution in [2.75, 3.05) is 11.9 Å². The summed E-state index contributed by atoms with van der Waals surface area (Å²) in [4.78, 5) is 17.8. The molecule has 0 amide bonds. The Morgan fingerprint density at radius 2 is 1.62 bits per heavy atom. The number of carbonyl (C=O) groups excluding carboxylic acids is 1. The molecule has 2 heterocycles. The number of rotatable bonds is 8. The average Bonchev–Trinajstić information content (AvgIpc) is 3.73. The molecule has 0 unspecified atom stereocenters. The number of ether oxygens (including phenoxy) is 1. The molecule has 6 heteroatoms. The van der Waals surface area contributed by atoms with Gasteiger partial charge in [0.15, 0.2) is 5.76 Å². The lowest BCUT2D eigenvalue weighted by Gasteiger charge is -2.18. The van der Waals surface area contributed by atoms with E-state index in [1.807, 2.05) is 86.6 Å². The van der Waals surface area contributed by atoms with Crippen LogP contribution in [0.15, 0.2) is 102 Å². The van der Waals surface area contributed by atoms with Crippen molar-refractivity contribution in [3.63, 3.8) is 0 Å². The Kier molecular flexibility index (Phi) is 6.45. The zero-order valence-corrected chi connectivity index (χ0v) is 22.0. The first-order valence-electron chi connectivity index (χ1n) is 13.2. The fraction of sp³-hybridized carbons (Fsp3) is 0.182. The van der Waals surface area contributed by atoms with Gasteiger partial charge in [-0.2, -0.15) is 0 Å². The lowest BCUT2D eigenvalue weighted by atomic mass is 9.89. The average molecular weight is 516 g/mol. The molecule has 39 heavy (non-hydrogen) atoms. The van der Waals surface area contributed by atoms with E-state index in [0.29, 0.717) is 23.9 Å². The van der Waals surface area contributed by atoms with Gasteiger partial charge in [0.2, 0.25) is 0 Å². The van der Waals surface area contributed by atoms with Gasteiger partial charge in [-0.15, -0.1) is 0 Å². The summed E-state index contributed by atoms with van der Waals surface area (Å²) in [6.45, 7) is 4.11. The van der Waals surface area contributed by atoms with Crippen LogP contribution in [-0.2, 0) is 14.9 Å². The van der Waals surface area contributed by atoms with E-state index in [1.54, 1.807) is 0 Å². The molecule has 194 valence electrons. The van der Waals surface area contributed by atoms with Gasteiger partial charge in [-0.25, -0.2) is 4.98 Å². The number of carbonyl (C=O) groups is 1. The first-order valence-corrected chi connectivity index (χ1v) is 13.2. The molecular weight excluding hydrogens is 486 g/mol. The molecular formula is C33H29N3O3. The number of nitrogens with zero attached hydrogens (tertiary/aromatic N) is 2. The molecule has 3 aromatic carbocycles. The topological polar surface area (TPSA) is 77.2 Å². The Morgan fingerprint density at radius 1 is 0.897 bits per heavy atom. The van der Waals surface area contributed by atoms with Crippen molar-refractivity contribution in [3.05, 3.63) is 108 Å². The summed E-state index contributed by atoms with van der Waals surface area (Å²) >= 11 is 0. The second-order valence-corrected chi connectivity index (χ2v) is 9.80. The Labute approximate surface area is 227 Å². The summed E-state index contributed by atoms with van der Waals surface area (Å²) in [5.41, 5.74) is 6.58. The van der Waals surface area contributed by atoms with Crippen molar-refractivity contribution in [1.82, 2.24) is 10.1 Å². The lowest BCUT2D eigenvalue weighted by molar-refractivity contribution is -0.146. The van der Waals surface area contributed by atoms with E-state index in [-0.39, 0.29) is 5.97 Å². The largest absolute Gasteiger partial charge is 0.465 e. The van der Waals surface area contributed by atoms with Gasteiger partial charge < -0.3 is 14.6 Å². The molecule has 2 aromatic heterocycles. The fourth-order valence-corrected chi connectivity index (χ4v) is 5.01. The zero-order valence-electron chi connectivity index (χ0n) is 22.0. The van der Waals surface area contributed by atoms with E-state index < -0.39 is 5.41 Å². The van der Waals surface area contributed by atoms with Crippen LogP contribution in [0, 0.1) is 6.92 Å². The van der Waals surface area contributed by atoms with Crippen LogP contribution >= 0.6 is 0 Å². The van der Waals surface area contributed by atoms with E-state index in [4.69, 9.17) is 14.2 Å². The zero-order chi connectivity index (χ0) is 26.8. The van der Waals surface area contributed by atoms with Gasteiger partial charge in [0.1, 0.15) is 17.2 Å². The van der Waals surface area contributed by atoms with Crippen molar-refractivity contribution in [3.8, 4) is 33.7 Å². The van der Waals surface area contributed by atoms with E-state index in [0.717, 1.165) is 52.0 Å². The molecule has 0 atom stereocenters. The number of pyridine rings is 1. The SMILES string of the molecule is CCOC(=O)C1(c2ccc(-c3ccccc3)c(-c3onc(C)c3Nc3cccc(-c4ccccc4)n3)c2)CC1. The number of hydrogen-bond acceptors (Lipinski definition) is 6. The van der Waals surface area contributed by atoms with Gasteiger partial charge in [0.05, 0.1) is 17.7 Å². The fourth-order valence-electron chi connectivity index (χ4n) is 5.01. The molecule has 1 N–H and O–H groups in total. The third kappa shape index (κ3) is 4.70. The molecule has 1 saturated carbocycles. The van der Waals surface area contributed by atoms with E-state index in [2.05, 4.69) is 34.7 Å². The summed E-state index contributed by atoms with van der Waals surface area (Å²) in [7, 11) is 0. The van der Waals surface area contributed by atoms with E-state index >= 15 is 0 Å². The molecule has 6 rings (SSSR count). The monoisotopic (exact) mass is 515 g/mol. The van der Waals surface area contributed by atoms with E-state index in [1.165, 1.54) is 0 Å². The second kappa shape index (κ2) is 10.2. The standard InChI is InChI=1S/C33H29N3O3/c1-3-38-32(37)33(19-20-33)25-17-18-26(23-11-6-4-7-12-23)27(21-25)31-30(22(2)36-39-31)35-29-16-10-15-28(34-29)24-13-8-5-9-14-24/h4-18,21H,3,19-20H2,1-2H3,(H,34,35). The highest BCUT2D eigenvalue weighted by Gasteiger charge is 2.53. The molecule has 5 aromatic rings. The normalized spacial score (nSPS) is 13.6. The molecule has 0 bridgehead atoms. The molecule has 1 aliphatic carbocycles. The molecule has 0 radical (unpaired) electrons. The lowest BCUT2D eigenvalue weighted by Crippen LogP contribution is -2.23. The quantitative estimate of drug-likeness (QED) is 0.213. The highest BCUT2D eigenvalue weighted by Crippen LogP contribution is 2.51. The van der Waals surface area contributed by atoms with Gasteiger partial charge in [0, 0.05) is 11.1 Å². The predicted molar refractivity (Wildman–Crippen MR) is 153 cm³/mol. The van der Waals surface area contributed by atoms with Gasteiger partial charge in [-0.3, -0.25) is 4.79 Å². The Hall–Kier alpha value is -4.71. The number of nitrogens with one attached hydrogen (secondary N) is 1. The van der Waals surface area contributed by atoms with Crippen molar-refractivity contribution in [1.29, 1.82) is 0 Å². The third-order valence-electron chi connectivity index (χ3n) is 7.25. The number of esters is 1. The first-order chi connectivity index (χ1) is 19.1. The smallest absolute Gasteiger partial charge is 0.316 e. The highest BCUT2D eigenvalue weighted by molar-refractivity contribution is 5.92. The Morgan fingerprint density at radius 3 is 2.31 bits per heavy atom. The van der Waals surface area contributed by atoms with Gasteiger partial charge in [-0.1, -0.05) is 84.0 Å². The van der Waals surface area contributed by atoms with Crippen LogP contribution in [0.4, 0.5) is 11.5 Å². The van der Waals surface area contributed by atoms with Gasteiger partial charge >= 0.3 is 5.97 Å². The number of aryl methyl sites for hydroxylation is 1. The minimum Gasteiger partial charge on any atom is -0.465 e. The third-order valence-corrected chi connectivity index (χ3v) is 7.25. The van der Waals surface area contributed by atoms with Crippen LogP contribution in [0.25, 0.3) is 33.7 Å². The number of aromatic nitrogens is 2.